The Morgan fingerprint density at radius 3 is 2.54 bits per heavy atom. The Kier molecular flexibility index (Phi) is 7.59. The molecule has 0 aliphatic heterocycles. The highest BCUT2D eigenvalue weighted by atomic mass is 32.1. The SMILES string of the molecule is CCCc1ccc(-c2cc(C(=O)Nc3sc4c(c3C(N)=O)CC[C@@H](C(C)(C)CC)C4)c3ccccc3n2)cc1. The van der Waals surface area contributed by atoms with Gasteiger partial charge in [-0.25, -0.2) is 4.98 Å². The van der Waals surface area contributed by atoms with Crippen molar-refractivity contribution in [2.24, 2.45) is 17.1 Å². The largest absolute Gasteiger partial charge is 0.365 e. The molecule has 1 aliphatic carbocycles. The summed E-state index contributed by atoms with van der Waals surface area (Å²) in [6.45, 7) is 9.04. The normalized spacial score (nSPS) is 15.2. The predicted octanol–water partition coefficient (Wildman–Crippen LogP) is 7.81. The van der Waals surface area contributed by atoms with Gasteiger partial charge in [0.2, 0.25) is 0 Å². The van der Waals surface area contributed by atoms with Crippen LogP contribution in [0.5, 0.6) is 0 Å². The molecule has 2 amide bonds. The van der Waals surface area contributed by atoms with Gasteiger partial charge in [0.15, 0.2) is 0 Å². The first kappa shape index (κ1) is 27.1. The molecule has 2 aromatic heterocycles. The van der Waals surface area contributed by atoms with Gasteiger partial charge in [-0.2, -0.15) is 0 Å². The molecule has 0 saturated carbocycles. The molecule has 2 aromatic carbocycles. The minimum atomic E-state index is -0.483. The van der Waals surface area contributed by atoms with Crippen LogP contribution in [-0.4, -0.2) is 16.8 Å². The summed E-state index contributed by atoms with van der Waals surface area (Å²) < 4.78 is 0. The molecule has 1 atom stereocenters. The summed E-state index contributed by atoms with van der Waals surface area (Å²) in [5, 5.41) is 4.41. The predicted molar refractivity (Wildman–Crippen MR) is 162 cm³/mol. The number of nitrogens with two attached hydrogens (primary N) is 1. The number of pyridine rings is 1. The van der Waals surface area contributed by atoms with E-state index in [2.05, 4.69) is 57.3 Å². The van der Waals surface area contributed by atoms with E-state index in [4.69, 9.17) is 10.7 Å². The second kappa shape index (κ2) is 10.9. The summed E-state index contributed by atoms with van der Waals surface area (Å²) in [4.78, 5) is 32.5. The van der Waals surface area contributed by atoms with Gasteiger partial charge in [-0.05, 0) is 60.3 Å². The van der Waals surface area contributed by atoms with E-state index < -0.39 is 5.91 Å². The fourth-order valence-corrected chi connectivity index (χ4v) is 7.03. The number of fused-ring (bicyclic) bond motifs is 2. The number of aromatic nitrogens is 1. The number of nitrogens with zero attached hydrogens (tertiary/aromatic N) is 1. The number of anilines is 1. The number of para-hydroxylation sites is 1. The summed E-state index contributed by atoms with van der Waals surface area (Å²) >= 11 is 1.51. The van der Waals surface area contributed by atoms with Crippen molar-refractivity contribution < 1.29 is 9.59 Å². The van der Waals surface area contributed by atoms with Gasteiger partial charge in [0, 0.05) is 15.8 Å². The molecule has 5 nitrogen and oxygen atoms in total. The molecule has 0 fully saturated rings. The standard InChI is InChI=1S/C33H37N3O2S/c1-5-9-20-12-14-21(15-13-20)27-19-25(23-10-7-8-11-26(23)35-27)31(38)36-32-29(30(34)37)24-17-16-22(18-28(24)39-32)33(3,4)6-2/h7-8,10-15,19,22H,5-6,9,16-18H2,1-4H3,(H2,34,37)(H,36,38)/t22-/m1/s1. The number of hydrogen-bond acceptors (Lipinski definition) is 4. The molecule has 5 rings (SSSR count). The summed E-state index contributed by atoms with van der Waals surface area (Å²) in [6.07, 6.45) is 5.96. The van der Waals surface area contributed by atoms with Crippen LogP contribution in [0.3, 0.4) is 0 Å². The van der Waals surface area contributed by atoms with Crippen molar-refractivity contribution in [3.8, 4) is 11.3 Å². The van der Waals surface area contributed by atoms with E-state index >= 15 is 0 Å². The van der Waals surface area contributed by atoms with Crippen LogP contribution >= 0.6 is 11.3 Å². The molecule has 1 aliphatic rings. The van der Waals surface area contributed by atoms with Gasteiger partial charge in [-0.1, -0.05) is 83.0 Å². The van der Waals surface area contributed by atoms with Crippen LogP contribution in [0.4, 0.5) is 5.00 Å². The second-order valence-corrected chi connectivity index (χ2v) is 12.4. The lowest BCUT2D eigenvalue weighted by Gasteiger charge is -2.36. The number of carbonyl (C=O) groups excluding carboxylic acids is 2. The number of hydrogen-bond donors (Lipinski definition) is 2. The fourth-order valence-electron chi connectivity index (χ4n) is 5.70. The molecule has 0 radical (unpaired) electrons. The minimum absolute atomic E-state index is 0.221. The first-order valence-electron chi connectivity index (χ1n) is 14.0. The second-order valence-electron chi connectivity index (χ2n) is 11.3. The molecule has 0 bridgehead atoms. The quantitative estimate of drug-likeness (QED) is 0.239. The van der Waals surface area contributed by atoms with Crippen LogP contribution in [0, 0.1) is 11.3 Å². The van der Waals surface area contributed by atoms with Gasteiger partial charge < -0.3 is 11.1 Å². The highest BCUT2D eigenvalue weighted by Crippen LogP contribution is 2.45. The third kappa shape index (κ3) is 5.35. The topological polar surface area (TPSA) is 85.1 Å². The van der Waals surface area contributed by atoms with Crippen molar-refractivity contribution in [2.75, 3.05) is 5.32 Å². The number of amides is 2. The Bertz CT molecular complexity index is 1530. The first-order chi connectivity index (χ1) is 18.7. The maximum atomic E-state index is 13.8. The molecule has 0 saturated heterocycles. The Hall–Kier alpha value is -3.51. The van der Waals surface area contributed by atoms with Crippen LogP contribution < -0.4 is 11.1 Å². The Labute approximate surface area is 234 Å². The van der Waals surface area contributed by atoms with Crippen molar-refractivity contribution in [3.63, 3.8) is 0 Å². The zero-order valence-corrected chi connectivity index (χ0v) is 24.1. The third-order valence-electron chi connectivity index (χ3n) is 8.50. The molecular formula is C33H37N3O2S. The minimum Gasteiger partial charge on any atom is -0.365 e. The Balaban J connectivity index is 1.51. The number of rotatable bonds is 8. The average Bonchev–Trinajstić information content (AvgIpc) is 3.30. The number of thiophene rings is 1. The van der Waals surface area contributed by atoms with Crippen LogP contribution in [0.2, 0.25) is 0 Å². The molecule has 0 spiro atoms. The van der Waals surface area contributed by atoms with E-state index in [1.165, 1.54) is 21.8 Å². The lowest BCUT2D eigenvalue weighted by molar-refractivity contribution is 0.0999. The molecule has 6 heteroatoms. The van der Waals surface area contributed by atoms with Crippen molar-refractivity contribution in [3.05, 3.63) is 81.7 Å². The number of benzene rings is 2. The van der Waals surface area contributed by atoms with Crippen molar-refractivity contribution in [1.29, 1.82) is 0 Å². The van der Waals surface area contributed by atoms with Crippen LogP contribution in [0.25, 0.3) is 22.2 Å². The molecule has 3 N–H and O–H groups in total. The van der Waals surface area contributed by atoms with Gasteiger partial charge in [0.25, 0.3) is 11.8 Å². The van der Waals surface area contributed by atoms with E-state index in [9.17, 15) is 9.59 Å². The van der Waals surface area contributed by atoms with Crippen molar-refractivity contribution in [2.45, 2.75) is 66.2 Å². The van der Waals surface area contributed by atoms with Crippen LogP contribution in [0.15, 0.2) is 54.6 Å². The highest BCUT2D eigenvalue weighted by molar-refractivity contribution is 7.17. The third-order valence-corrected chi connectivity index (χ3v) is 9.67. The van der Waals surface area contributed by atoms with E-state index in [0.29, 0.717) is 22.0 Å². The lowest BCUT2D eigenvalue weighted by Crippen LogP contribution is -2.29. The Morgan fingerprint density at radius 1 is 1.10 bits per heavy atom. The number of nitrogens with one attached hydrogen (secondary N) is 1. The van der Waals surface area contributed by atoms with Gasteiger partial charge in [-0.15, -0.1) is 11.3 Å². The monoisotopic (exact) mass is 539 g/mol. The van der Waals surface area contributed by atoms with Gasteiger partial charge in [-0.3, -0.25) is 9.59 Å². The summed E-state index contributed by atoms with van der Waals surface area (Å²) in [5.41, 5.74) is 11.8. The number of aryl methyl sites for hydroxylation is 1. The summed E-state index contributed by atoms with van der Waals surface area (Å²) in [7, 11) is 0. The fraction of sp³-hybridized carbons (Fsp3) is 0.364. The number of primary amides is 1. The number of carbonyl (C=O) groups is 2. The molecule has 4 aromatic rings. The highest BCUT2D eigenvalue weighted by Gasteiger charge is 2.35. The molecule has 0 unspecified atom stereocenters. The van der Waals surface area contributed by atoms with Gasteiger partial charge in [0.05, 0.1) is 22.3 Å². The van der Waals surface area contributed by atoms with Crippen LogP contribution in [-0.2, 0) is 19.3 Å². The van der Waals surface area contributed by atoms with Crippen LogP contribution in [0.1, 0.15) is 83.7 Å². The molecule has 39 heavy (non-hydrogen) atoms. The molecule has 202 valence electrons. The summed E-state index contributed by atoms with van der Waals surface area (Å²) in [6, 6.07) is 17.9. The van der Waals surface area contributed by atoms with E-state index in [0.717, 1.165) is 66.2 Å². The molecule has 2 heterocycles. The summed E-state index contributed by atoms with van der Waals surface area (Å²) in [5.74, 6) is -0.208. The smallest absolute Gasteiger partial charge is 0.257 e. The van der Waals surface area contributed by atoms with E-state index in [1.54, 1.807) is 0 Å². The lowest BCUT2D eigenvalue weighted by atomic mass is 9.69. The van der Waals surface area contributed by atoms with E-state index in [-0.39, 0.29) is 11.3 Å². The van der Waals surface area contributed by atoms with Crippen molar-refractivity contribution in [1.82, 2.24) is 4.98 Å². The Morgan fingerprint density at radius 2 is 1.85 bits per heavy atom. The van der Waals surface area contributed by atoms with Crippen molar-refractivity contribution >= 4 is 39.1 Å². The zero-order chi connectivity index (χ0) is 27.7. The van der Waals surface area contributed by atoms with Gasteiger partial charge in [0.1, 0.15) is 5.00 Å². The molecular weight excluding hydrogens is 502 g/mol. The maximum Gasteiger partial charge on any atom is 0.257 e. The average molecular weight is 540 g/mol. The maximum absolute atomic E-state index is 13.8. The zero-order valence-electron chi connectivity index (χ0n) is 23.3. The van der Waals surface area contributed by atoms with Gasteiger partial charge >= 0.3 is 0 Å². The van der Waals surface area contributed by atoms with E-state index in [1.807, 2.05) is 30.3 Å². The first-order valence-corrected chi connectivity index (χ1v) is 14.8.